The van der Waals surface area contributed by atoms with Crippen molar-refractivity contribution >= 4 is 11.9 Å². The fourth-order valence-corrected chi connectivity index (χ4v) is 1.45. The second-order valence-corrected chi connectivity index (χ2v) is 3.28. The molecule has 0 saturated heterocycles. The zero-order valence-corrected chi connectivity index (χ0v) is 10.4. The van der Waals surface area contributed by atoms with E-state index in [1.54, 1.807) is 6.92 Å². The molecular formula is C12H14O6. The Bertz CT molecular complexity index is 466. The van der Waals surface area contributed by atoms with E-state index in [1.807, 2.05) is 0 Å². The first-order chi connectivity index (χ1) is 8.54. The second kappa shape index (κ2) is 5.90. The SMILES string of the molecule is CCOC(=O)c1c(OC)cc(OC)cc1C(=O)O. The molecule has 0 radical (unpaired) electrons. The van der Waals surface area contributed by atoms with E-state index >= 15 is 0 Å². The highest BCUT2D eigenvalue weighted by Crippen LogP contribution is 2.29. The van der Waals surface area contributed by atoms with E-state index in [2.05, 4.69) is 0 Å². The van der Waals surface area contributed by atoms with Crippen LogP contribution in [0.1, 0.15) is 27.6 Å². The van der Waals surface area contributed by atoms with Gasteiger partial charge in [0.25, 0.3) is 0 Å². The van der Waals surface area contributed by atoms with Crippen LogP contribution in [0, 0.1) is 0 Å². The first-order valence-corrected chi connectivity index (χ1v) is 5.21. The molecule has 98 valence electrons. The first kappa shape index (κ1) is 13.8. The van der Waals surface area contributed by atoms with Gasteiger partial charge in [-0.1, -0.05) is 0 Å². The minimum atomic E-state index is -1.25. The fourth-order valence-electron chi connectivity index (χ4n) is 1.45. The highest BCUT2D eigenvalue weighted by Gasteiger charge is 2.24. The normalized spacial score (nSPS) is 9.72. The second-order valence-electron chi connectivity index (χ2n) is 3.28. The predicted octanol–water partition coefficient (Wildman–Crippen LogP) is 1.58. The largest absolute Gasteiger partial charge is 0.497 e. The van der Waals surface area contributed by atoms with Gasteiger partial charge in [-0.05, 0) is 13.0 Å². The number of methoxy groups -OCH3 is 2. The van der Waals surface area contributed by atoms with Gasteiger partial charge in [-0.2, -0.15) is 0 Å². The summed E-state index contributed by atoms with van der Waals surface area (Å²) in [6.07, 6.45) is 0. The van der Waals surface area contributed by atoms with E-state index in [0.717, 1.165) is 0 Å². The van der Waals surface area contributed by atoms with Gasteiger partial charge in [0.2, 0.25) is 0 Å². The molecule has 0 heterocycles. The van der Waals surface area contributed by atoms with Gasteiger partial charge in [0, 0.05) is 6.07 Å². The Balaban J connectivity index is 3.44. The molecule has 1 rings (SSSR count). The monoisotopic (exact) mass is 254 g/mol. The topological polar surface area (TPSA) is 82.1 Å². The van der Waals surface area contributed by atoms with Gasteiger partial charge in [0.15, 0.2) is 0 Å². The van der Waals surface area contributed by atoms with E-state index < -0.39 is 11.9 Å². The molecule has 0 saturated carbocycles. The summed E-state index contributed by atoms with van der Waals surface area (Å²) in [5.74, 6) is -1.60. The first-order valence-electron chi connectivity index (χ1n) is 5.21. The van der Waals surface area contributed by atoms with Gasteiger partial charge in [0.05, 0.1) is 26.4 Å². The number of rotatable bonds is 5. The van der Waals surface area contributed by atoms with Gasteiger partial charge in [0.1, 0.15) is 17.1 Å². The van der Waals surface area contributed by atoms with Crippen molar-refractivity contribution in [2.24, 2.45) is 0 Å². The Hall–Kier alpha value is -2.24. The van der Waals surface area contributed by atoms with E-state index in [4.69, 9.17) is 19.3 Å². The zero-order chi connectivity index (χ0) is 13.7. The number of carboxylic acid groups (broad SMARTS) is 1. The molecule has 0 aromatic heterocycles. The predicted molar refractivity (Wildman–Crippen MR) is 62.5 cm³/mol. The Labute approximate surface area is 104 Å². The minimum Gasteiger partial charge on any atom is -0.497 e. The van der Waals surface area contributed by atoms with Gasteiger partial charge in [-0.25, -0.2) is 9.59 Å². The number of carbonyl (C=O) groups is 2. The van der Waals surface area contributed by atoms with Crippen LogP contribution in [0.15, 0.2) is 12.1 Å². The summed E-state index contributed by atoms with van der Waals surface area (Å²) in [4.78, 5) is 22.9. The molecule has 0 fully saturated rings. The number of carbonyl (C=O) groups excluding carboxylic acids is 1. The van der Waals surface area contributed by atoms with Gasteiger partial charge in [-0.3, -0.25) is 0 Å². The lowest BCUT2D eigenvalue weighted by molar-refractivity contribution is 0.0510. The summed E-state index contributed by atoms with van der Waals surface area (Å²) in [6, 6.07) is 2.68. The molecule has 6 nitrogen and oxygen atoms in total. The van der Waals surface area contributed by atoms with Crippen molar-refractivity contribution in [1.29, 1.82) is 0 Å². The maximum atomic E-state index is 11.7. The molecule has 1 aromatic carbocycles. The summed E-state index contributed by atoms with van der Waals surface area (Å²) < 4.78 is 14.8. The summed E-state index contributed by atoms with van der Waals surface area (Å²) in [6.45, 7) is 1.78. The van der Waals surface area contributed by atoms with Crippen LogP contribution >= 0.6 is 0 Å². The molecule has 0 unspecified atom stereocenters. The maximum Gasteiger partial charge on any atom is 0.342 e. The smallest absolute Gasteiger partial charge is 0.342 e. The molecule has 1 aromatic rings. The van der Waals surface area contributed by atoms with Gasteiger partial charge in [-0.15, -0.1) is 0 Å². The number of hydrogen-bond donors (Lipinski definition) is 1. The van der Waals surface area contributed by atoms with Gasteiger partial charge >= 0.3 is 11.9 Å². The van der Waals surface area contributed by atoms with E-state index in [0.29, 0.717) is 0 Å². The van der Waals surface area contributed by atoms with Crippen molar-refractivity contribution < 1.29 is 28.9 Å². The summed E-state index contributed by atoms with van der Waals surface area (Å²) in [5, 5.41) is 9.10. The Morgan fingerprint density at radius 3 is 2.33 bits per heavy atom. The van der Waals surface area contributed by atoms with Crippen LogP contribution in [0.5, 0.6) is 11.5 Å². The number of carboxylic acids is 1. The highest BCUT2D eigenvalue weighted by molar-refractivity contribution is 6.05. The molecular weight excluding hydrogens is 240 g/mol. The average molecular weight is 254 g/mol. The molecule has 0 aliphatic rings. The lowest BCUT2D eigenvalue weighted by atomic mass is 10.1. The van der Waals surface area contributed by atoms with Crippen LogP contribution in [0.2, 0.25) is 0 Å². The third-order valence-corrected chi connectivity index (χ3v) is 2.24. The molecule has 0 bridgehead atoms. The van der Waals surface area contributed by atoms with Gasteiger partial charge < -0.3 is 19.3 Å². The van der Waals surface area contributed by atoms with Crippen LogP contribution < -0.4 is 9.47 Å². The Kier molecular flexibility index (Phi) is 4.53. The fraction of sp³-hybridized carbons (Fsp3) is 0.333. The third-order valence-electron chi connectivity index (χ3n) is 2.24. The molecule has 6 heteroatoms. The maximum absolute atomic E-state index is 11.7. The molecule has 0 amide bonds. The molecule has 0 aliphatic heterocycles. The number of ether oxygens (including phenoxy) is 3. The van der Waals surface area contributed by atoms with Crippen LogP contribution in [0.25, 0.3) is 0 Å². The van der Waals surface area contributed by atoms with E-state index in [-0.39, 0.29) is 29.2 Å². The number of aromatic carboxylic acids is 1. The van der Waals surface area contributed by atoms with E-state index in [9.17, 15) is 9.59 Å². The van der Waals surface area contributed by atoms with Crippen molar-refractivity contribution in [2.45, 2.75) is 6.92 Å². The molecule has 0 atom stereocenters. The molecule has 0 aliphatic carbocycles. The number of esters is 1. The molecule has 0 spiro atoms. The van der Waals surface area contributed by atoms with Crippen molar-refractivity contribution in [3.63, 3.8) is 0 Å². The highest BCUT2D eigenvalue weighted by atomic mass is 16.5. The Morgan fingerprint density at radius 1 is 1.22 bits per heavy atom. The van der Waals surface area contributed by atoms with Crippen LogP contribution in [-0.2, 0) is 4.74 Å². The average Bonchev–Trinajstić information content (AvgIpc) is 2.37. The lowest BCUT2D eigenvalue weighted by Crippen LogP contribution is -2.13. The van der Waals surface area contributed by atoms with E-state index in [1.165, 1.54) is 26.4 Å². The van der Waals surface area contributed by atoms with Crippen molar-refractivity contribution in [3.05, 3.63) is 23.3 Å². The lowest BCUT2D eigenvalue weighted by Gasteiger charge is -2.12. The summed E-state index contributed by atoms with van der Waals surface area (Å²) in [7, 11) is 2.73. The molecule has 18 heavy (non-hydrogen) atoms. The minimum absolute atomic E-state index is 0.102. The van der Waals surface area contributed by atoms with Crippen LogP contribution in [0.3, 0.4) is 0 Å². The van der Waals surface area contributed by atoms with Crippen molar-refractivity contribution in [3.8, 4) is 11.5 Å². The van der Waals surface area contributed by atoms with Crippen molar-refractivity contribution in [1.82, 2.24) is 0 Å². The summed E-state index contributed by atoms with van der Waals surface area (Å²) >= 11 is 0. The number of hydrogen-bond acceptors (Lipinski definition) is 5. The molecule has 1 N–H and O–H groups in total. The third kappa shape index (κ3) is 2.71. The Morgan fingerprint density at radius 2 is 1.89 bits per heavy atom. The standard InChI is InChI=1S/C12H14O6/c1-4-18-12(15)10-8(11(13)14)5-7(16-2)6-9(10)17-3/h5-6H,4H2,1-3H3,(H,13,14). The summed E-state index contributed by atoms with van der Waals surface area (Å²) in [5.41, 5.74) is -0.336. The number of benzene rings is 1. The van der Waals surface area contributed by atoms with Crippen LogP contribution in [0.4, 0.5) is 0 Å². The quantitative estimate of drug-likeness (QED) is 0.803. The van der Waals surface area contributed by atoms with Crippen molar-refractivity contribution in [2.75, 3.05) is 20.8 Å². The van der Waals surface area contributed by atoms with Crippen LogP contribution in [-0.4, -0.2) is 37.9 Å². The zero-order valence-electron chi connectivity index (χ0n) is 10.4.